The van der Waals surface area contributed by atoms with Crippen molar-refractivity contribution >= 4 is 28.8 Å². The van der Waals surface area contributed by atoms with Gasteiger partial charge in [-0.25, -0.2) is 13.1 Å². The van der Waals surface area contributed by atoms with E-state index < -0.39 is 5.97 Å². The van der Waals surface area contributed by atoms with Crippen molar-refractivity contribution < 1.29 is 19.8 Å². The van der Waals surface area contributed by atoms with Gasteiger partial charge in [-0.2, -0.15) is 4.65 Å². The topological polar surface area (TPSA) is 60.8 Å². The number of quaternary nitrogens is 1. The summed E-state index contributed by atoms with van der Waals surface area (Å²) in [6.07, 6.45) is 0. The van der Waals surface area contributed by atoms with Gasteiger partial charge in [-0.1, -0.05) is 0 Å². The molecule has 70 valence electrons. The second-order valence-electron chi connectivity index (χ2n) is 3.00. The van der Waals surface area contributed by atoms with Crippen molar-refractivity contribution in [3.63, 3.8) is 0 Å². The summed E-state index contributed by atoms with van der Waals surface area (Å²) in [5, 5.41) is 18.2. The summed E-state index contributed by atoms with van der Waals surface area (Å²) in [5.74, 6) is -0.945. The molecule has 1 heterocycles. The maximum absolute atomic E-state index is 10.4. The van der Waals surface area contributed by atoms with E-state index in [4.69, 9.17) is 5.11 Å². The van der Waals surface area contributed by atoms with Crippen molar-refractivity contribution in [3.8, 4) is 0 Å². The Bertz CT molecular complexity index is 180. The molecule has 6 heteroatoms. The standard InChI is InChI=1S/C6H11IN2O3/c7-8-1-3-9(12,4-2-8)5-6(10)11/h12H,1-5H2/p+1. The first-order chi connectivity index (χ1) is 5.52. The smallest absolute Gasteiger partial charge is 0.362 e. The van der Waals surface area contributed by atoms with E-state index in [0.29, 0.717) is 13.1 Å². The third kappa shape index (κ3) is 2.85. The first-order valence-corrected chi connectivity index (χ1v) is 4.70. The lowest BCUT2D eigenvalue weighted by Gasteiger charge is -2.34. The third-order valence-corrected chi connectivity index (χ3v) is 2.91. The van der Waals surface area contributed by atoms with Gasteiger partial charge in [0.1, 0.15) is 13.1 Å². The van der Waals surface area contributed by atoms with Crippen LogP contribution in [0, 0.1) is 0 Å². The summed E-state index contributed by atoms with van der Waals surface area (Å²) >= 11 is 2.17. The van der Waals surface area contributed by atoms with E-state index in [9.17, 15) is 10.0 Å². The Balaban J connectivity index is 2.44. The van der Waals surface area contributed by atoms with E-state index in [1.165, 1.54) is 0 Å². The molecule has 0 saturated carbocycles. The Morgan fingerprint density at radius 2 is 2.00 bits per heavy atom. The first-order valence-electron chi connectivity index (χ1n) is 3.73. The molecule has 1 saturated heterocycles. The number of piperazine rings is 1. The molecule has 0 radical (unpaired) electrons. The number of carbonyl (C=O) groups is 1. The van der Waals surface area contributed by atoms with Gasteiger partial charge < -0.3 is 5.11 Å². The van der Waals surface area contributed by atoms with Crippen LogP contribution in [0.15, 0.2) is 0 Å². The number of hydrogen-bond donors (Lipinski definition) is 2. The molecule has 0 aliphatic carbocycles. The molecule has 0 spiro atoms. The van der Waals surface area contributed by atoms with Crippen LogP contribution < -0.4 is 0 Å². The molecule has 5 nitrogen and oxygen atoms in total. The van der Waals surface area contributed by atoms with Crippen molar-refractivity contribution in [2.24, 2.45) is 0 Å². The van der Waals surface area contributed by atoms with Crippen LogP contribution in [0.4, 0.5) is 0 Å². The van der Waals surface area contributed by atoms with Gasteiger partial charge >= 0.3 is 5.97 Å². The molecule has 0 aromatic rings. The predicted octanol–water partition coefficient (Wildman–Crippen LogP) is -0.0574. The zero-order chi connectivity index (χ0) is 9.19. The second kappa shape index (κ2) is 3.86. The molecule has 0 bridgehead atoms. The zero-order valence-electron chi connectivity index (χ0n) is 6.61. The summed E-state index contributed by atoms with van der Waals surface area (Å²) in [6.45, 7) is 2.28. The number of aliphatic carboxylic acids is 1. The molecule has 0 amide bonds. The SMILES string of the molecule is O=C(O)C[N+]1(O)CCN(I)CC1. The van der Waals surface area contributed by atoms with Gasteiger partial charge in [0.15, 0.2) is 0 Å². The van der Waals surface area contributed by atoms with Crippen LogP contribution in [-0.2, 0) is 4.79 Å². The van der Waals surface area contributed by atoms with Crippen LogP contribution in [0.2, 0.25) is 0 Å². The van der Waals surface area contributed by atoms with Crippen LogP contribution in [0.1, 0.15) is 0 Å². The third-order valence-electron chi connectivity index (χ3n) is 1.95. The molecule has 12 heavy (non-hydrogen) atoms. The van der Waals surface area contributed by atoms with Crippen LogP contribution >= 0.6 is 22.9 Å². The largest absolute Gasteiger partial charge is 0.477 e. The number of hydroxylamine groups is 3. The van der Waals surface area contributed by atoms with E-state index in [-0.39, 0.29) is 11.2 Å². The highest BCUT2D eigenvalue weighted by Crippen LogP contribution is 2.11. The van der Waals surface area contributed by atoms with Gasteiger partial charge in [0.05, 0.1) is 13.1 Å². The van der Waals surface area contributed by atoms with Gasteiger partial charge in [0, 0.05) is 22.9 Å². The Kier molecular flexibility index (Phi) is 3.27. The average Bonchev–Trinajstić information content (AvgIpc) is 1.94. The molecule has 1 aliphatic heterocycles. The minimum Gasteiger partial charge on any atom is -0.477 e. The highest BCUT2D eigenvalue weighted by molar-refractivity contribution is 14.1. The monoisotopic (exact) mass is 287 g/mol. The van der Waals surface area contributed by atoms with E-state index >= 15 is 0 Å². The number of rotatable bonds is 2. The van der Waals surface area contributed by atoms with Crippen molar-refractivity contribution in [2.45, 2.75) is 0 Å². The molecule has 1 fully saturated rings. The quantitative estimate of drug-likeness (QED) is 0.424. The normalized spacial score (nSPS) is 23.8. The second-order valence-corrected chi connectivity index (χ2v) is 4.37. The maximum Gasteiger partial charge on any atom is 0.362 e. The van der Waals surface area contributed by atoms with E-state index in [0.717, 1.165) is 13.1 Å². The highest BCUT2D eigenvalue weighted by Gasteiger charge is 2.33. The van der Waals surface area contributed by atoms with Crippen molar-refractivity contribution in [3.05, 3.63) is 0 Å². The number of nitrogens with zero attached hydrogens (tertiary/aromatic N) is 2. The molecular formula is C6H12IN2O3+. The Hall–Kier alpha value is 0.0800. The molecule has 0 atom stereocenters. The predicted molar refractivity (Wildman–Crippen MR) is 49.9 cm³/mol. The molecule has 0 aromatic carbocycles. The minimum atomic E-state index is -0.945. The van der Waals surface area contributed by atoms with Crippen molar-refractivity contribution in [2.75, 3.05) is 32.7 Å². The summed E-state index contributed by atoms with van der Waals surface area (Å²) in [7, 11) is 0. The fraction of sp³-hybridized carbons (Fsp3) is 0.833. The Morgan fingerprint density at radius 3 is 2.42 bits per heavy atom. The first kappa shape index (κ1) is 10.2. The number of carboxylic acids is 1. The lowest BCUT2D eigenvalue weighted by Crippen LogP contribution is -2.57. The van der Waals surface area contributed by atoms with Crippen LogP contribution in [0.5, 0.6) is 0 Å². The average molecular weight is 287 g/mol. The zero-order valence-corrected chi connectivity index (χ0v) is 8.77. The summed E-state index contributed by atoms with van der Waals surface area (Å²) in [5.41, 5.74) is 0. The van der Waals surface area contributed by atoms with Crippen LogP contribution in [-0.4, -0.2) is 56.8 Å². The fourth-order valence-electron chi connectivity index (χ4n) is 1.22. The van der Waals surface area contributed by atoms with E-state index in [1.807, 2.05) is 3.11 Å². The van der Waals surface area contributed by atoms with Gasteiger partial charge in [-0.3, -0.25) is 0 Å². The highest BCUT2D eigenvalue weighted by atomic mass is 127. The number of hydrogen-bond acceptors (Lipinski definition) is 3. The molecule has 1 rings (SSSR count). The Labute approximate surface area is 84.6 Å². The number of carboxylic acid groups (broad SMARTS) is 1. The van der Waals surface area contributed by atoms with Gasteiger partial charge in [-0.05, 0) is 0 Å². The number of halogens is 1. The molecule has 2 N–H and O–H groups in total. The fourth-order valence-corrected chi connectivity index (χ4v) is 1.65. The summed E-state index contributed by atoms with van der Waals surface area (Å²) < 4.78 is 1.72. The summed E-state index contributed by atoms with van der Waals surface area (Å²) in [4.78, 5) is 10.4. The maximum atomic E-state index is 10.4. The van der Waals surface area contributed by atoms with E-state index in [1.54, 1.807) is 0 Å². The van der Waals surface area contributed by atoms with Gasteiger partial charge in [0.2, 0.25) is 6.54 Å². The molecule has 0 unspecified atom stereocenters. The minimum absolute atomic E-state index is 0.190. The van der Waals surface area contributed by atoms with Crippen LogP contribution in [0.3, 0.4) is 0 Å². The lowest BCUT2D eigenvalue weighted by atomic mass is 10.3. The molecular weight excluding hydrogens is 275 g/mol. The van der Waals surface area contributed by atoms with Crippen molar-refractivity contribution in [1.29, 1.82) is 0 Å². The van der Waals surface area contributed by atoms with Crippen molar-refractivity contribution in [1.82, 2.24) is 3.11 Å². The Morgan fingerprint density at radius 1 is 1.50 bits per heavy atom. The lowest BCUT2D eigenvalue weighted by molar-refractivity contribution is -1.10. The van der Waals surface area contributed by atoms with Crippen LogP contribution in [0.25, 0.3) is 0 Å². The van der Waals surface area contributed by atoms with E-state index in [2.05, 4.69) is 22.9 Å². The van der Waals surface area contributed by atoms with Gasteiger partial charge in [-0.15, -0.1) is 0 Å². The van der Waals surface area contributed by atoms with Gasteiger partial charge in [0.25, 0.3) is 0 Å². The molecule has 1 aliphatic rings. The summed E-state index contributed by atoms with van der Waals surface area (Å²) in [6, 6.07) is 0. The molecule has 0 aromatic heterocycles.